The van der Waals surface area contributed by atoms with Crippen molar-refractivity contribution in [2.75, 3.05) is 11.1 Å². The van der Waals surface area contributed by atoms with Crippen LogP contribution in [0.3, 0.4) is 0 Å². The van der Waals surface area contributed by atoms with Crippen molar-refractivity contribution < 1.29 is 4.79 Å². The second-order valence-electron chi connectivity index (χ2n) is 3.26. The molecule has 0 atom stereocenters. The summed E-state index contributed by atoms with van der Waals surface area (Å²) in [7, 11) is 0. The minimum Gasteiger partial charge on any atom is -0.384 e. The van der Waals surface area contributed by atoms with E-state index in [9.17, 15) is 4.79 Å². The Kier molecular flexibility index (Phi) is 3.34. The van der Waals surface area contributed by atoms with Gasteiger partial charge < -0.3 is 11.1 Å². The maximum absolute atomic E-state index is 11.8. The molecule has 6 heteroatoms. The zero-order chi connectivity index (χ0) is 12.3. The molecule has 2 aromatic heterocycles. The number of carbonyl (C=O) groups is 1. The Balaban J connectivity index is 2.14. The fourth-order valence-corrected chi connectivity index (χ4v) is 1.44. The van der Waals surface area contributed by atoms with Crippen molar-refractivity contribution in [2.24, 2.45) is 0 Å². The first kappa shape index (κ1) is 11.5. The molecule has 0 bridgehead atoms. The summed E-state index contributed by atoms with van der Waals surface area (Å²) in [6.45, 7) is 0. The zero-order valence-electron chi connectivity index (χ0n) is 8.72. The number of hydrogen-bond donors (Lipinski definition) is 2. The van der Waals surface area contributed by atoms with Gasteiger partial charge in [0.2, 0.25) is 0 Å². The van der Waals surface area contributed by atoms with Gasteiger partial charge in [-0.1, -0.05) is 6.07 Å². The number of pyridine rings is 2. The van der Waals surface area contributed by atoms with Crippen molar-refractivity contribution in [1.29, 1.82) is 0 Å². The summed E-state index contributed by atoms with van der Waals surface area (Å²) < 4.78 is 0.845. The molecular formula is C11H9BrN4O. The molecule has 0 saturated heterocycles. The standard InChI is InChI=1S/C11H9BrN4O/c12-7-4-5-10(14-6-7)16-11(17)8-2-1-3-9(13)15-8/h1-6H,(H2,13,15)(H,14,16,17). The van der Waals surface area contributed by atoms with Crippen LogP contribution in [-0.2, 0) is 0 Å². The molecule has 0 spiro atoms. The van der Waals surface area contributed by atoms with Gasteiger partial charge in [0.1, 0.15) is 17.3 Å². The highest BCUT2D eigenvalue weighted by molar-refractivity contribution is 9.10. The third-order valence-electron chi connectivity index (χ3n) is 1.97. The number of nitrogen functional groups attached to an aromatic ring is 1. The smallest absolute Gasteiger partial charge is 0.275 e. The molecule has 0 aromatic carbocycles. The third-order valence-corrected chi connectivity index (χ3v) is 2.44. The molecule has 17 heavy (non-hydrogen) atoms. The van der Waals surface area contributed by atoms with Crippen molar-refractivity contribution in [3.63, 3.8) is 0 Å². The Hall–Kier alpha value is -1.95. The van der Waals surface area contributed by atoms with E-state index in [0.29, 0.717) is 11.6 Å². The molecule has 0 aliphatic carbocycles. The first-order chi connectivity index (χ1) is 8.15. The molecule has 2 heterocycles. The maximum Gasteiger partial charge on any atom is 0.275 e. The highest BCUT2D eigenvalue weighted by atomic mass is 79.9. The number of carbonyl (C=O) groups excluding carboxylic acids is 1. The minimum atomic E-state index is -0.341. The molecule has 0 aliphatic heterocycles. The summed E-state index contributed by atoms with van der Waals surface area (Å²) in [5.41, 5.74) is 5.76. The zero-order valence-corrected chi connectivity index (χ0v) is 10.3. The van der Waals surface area contributed by atoms with E-state index in [1.807, 2.05) is 0 Å². The molecule has 86 valence electrons. The van der Waals surface area contributed by atoms with Crippen molar-refractivity contribution in [1.82, 2.24) is 9.97 Å². The first-order valence-electron chi connectivity index (χ1n) is 4.80. The predicted molar refractivity (Wildman–Crippen MR) is 68.5 cm³/mol. The highest BCUT2D eigenvalue weighted by Gasteiger charge is 2.08. The molecule has 2 rings (SSSR count). The largest absolute Gasteiger partial charge is 0.384 e. The van der Waals surface area contributed by atoms with Crippen LogP contribution < -0.4 is 11.1 Å². The summed E-state index contributed by atoms with van der Waals surface area (Å²) in [6, 6.07) is 8.36. The van der Waals surface area contributed by atoms with Crippen LogP contribution in [0.15, 0.2) is 41.0 Å². The minimum absolute atomic E-state index is 0.259. The fourth-order valence-electron chi connectivity index (χ4n) is 1.21. The van der Waals surface area contributed by atoms with Gasteiger partial charge in [-0.3, -0.25) is 4.79 Å². The van der Waals surface area contributed by atoms with Crippen LogP contribution in [0.4, 0.5) is 11.6 Å². The van der Waals surface area contributed by atoms with E-state index in [1.54, 1.807) is 36.5 Å². The highest BCUT2D eigenvalue weighted by Crippen LogP contribution is 2.11. The molecule has 1 amide bonds. The van der Waals surface area contributed by atoms with Crippen LogP contribution in [0.2, 0.25) is 0 Å². The molecule has 2 aromatic rings. The predicted octanol–water partition coefficient (Wildman–Crippen LogP) is 2.07. The Bertz CT molecular complexity index is 541. The summed E-state index contributed by atoms with van der Waals surface area (Å²) in [6.07, 6.45) is 1.60. The lowest BCUT2D eigenvalue weighted by molar-refractivity contribution is 0.102. The van der Waals surface area contributed by atoms with E-state index < -0.39 is 0 Å². The molecule has 0 fully saturated rings. The van der Waals surface area contributed by atoms with Gasteiger partial charge in [0, 0.05) is 10.7 Å². The van der Waals surface area contributed by atoms with E-state index in [0.717, 1.165) is 4.47 Å². The second-order valence-corrected chi connectivity index (χ2v) is 4.18. The van der Waals surface area contributed by atoms with E-state index in [-0.39, 0.29) is 11.6 Å². The first-order valence-corrected chi connectivity index (χ1v) is 5.60. The normalized spacial score (nSPS) is 9.94. The Labute approximate surface area is 106 Å². The van der Waals surface area contributed by atoms with Crippen LogP contribution in [-0.4, -0.2) is 15.9 Å². The van der Waals surface area contributed by atoms with Crippen LogP contribution in [0.1, 0.15) is 10.5 Å². The van der Waals surface area contributed by atoms with Gasteiger partial charge in [-0.2, -0.15) is 0 Å². The number of nitrogens with two attached hydrogens (primary N) is 1. The van der Waals surface area contributed by atoms with Gasteiger partial charge in [0.25, 0.3) is 5.91 Å². The quantitative estimate of drug-likeness (QED) is 0.888. The summed E-state index contributed by atoms with van der Waals surface area (Å²) in [5, 5.41) is 2.62. The number of amides is 1. The van der Waals surface area contributed by atoms with Gasteiger partial charge in [0.15, 0.2) is 0 Å². The Morgan fingerprint density at radius 2 is 2.12 bits per heavy atom. The van der Waals surface area contributed by atoms with Gasteiger partial charge in [-0.15, -0.1) is 0 Å². The van der Waals surface area contributed by atoms with Crippen LogP contribution in [0, 0.1) is 0 Å². The molecule has 0 saturated carbocycles. The average Bonchev–Trinajstić information content (AvgIpc) is 2.32. The maximum atomic E-state index is 11.8. The molecular weight excluding hydrogens is 284 g/mol. The van der Waals surface area contributed by atoms with E-state index in [2.05, 4.69) is 31.2 Å². The summed E-state index contributed by atoms with van der Waals surface area (Å²) in [4.78, 5) is 19.7. The van der Waals surface area contributed by atoms with E-state index in [4.69, 9.17) is 5.73 Å². The van der Waals surface area contributed by atoms with Gasteiger partial charge in [-0.25, -0.2) is 9.97 Å². The molecule has 3 N–H and O–H groups in total. The molecule has 0 aliphatic rings. The fraction of sp³-hybridized carbons (Fsp3) is 0. The lowest BCUT2D eigenvalue weighted by atomic mass is 10.3. The van der Waals surface area contributed by atoms with E-state index in [1.165, 1.54) is 0 Å². The van der Waals surface area contributed by atoms with Gasteiger partial charge in [0.05, 0.1) is 0 Å². The number of nitrogens with one attached hydrogen (secondary N) is 1. The number of halogens is 1. The van der Waals surface area contributed by atoms with Crippen LogP contribution >= 0.6 is 15.9 Å². The third kappa shape index (κ3) is 3.01. The Morgan fingerprint density at radius 3 is 2.76 bits per heavy atom. The van der Waals surface area contributed by atoms with Crippen molar-refractivity contribution >= 4 is 33.5 Å². The number of rotatable bonds is 2. The second kappa shape index (κ2) is 4.92. The van der Waals surface area contributed by atoms with Crippen LogP contribution in [0.5, 0.6) is 0 Å². The number of hydrogen-bond acceptors (Lipinski definition) is 4. The average molecular weight is 293 g/mol. The van der Waals surface area contributed by atoms with E-state index >= 15 is 0 Å². The summed E-state index contributed by atoms with van der Waals surface area (Å²) >= 11 is 3.26. The molecule has 5 nitrogen and oxygen atoms in total. The summed E-state index contributed by atoms with van der Waals surface area (Å²) in [5.74, 6) is 0.427. The lowest BCUT2D eigenvalue weighted by Gasteiger charge is -2.04. The number of anilines is 2. The lowest BCUT2D eigenvalue weighted by Crippen LogP contribution is -2.14. The van der Waals surface area contributed by atoms with Crippen molar-refractivity contribution in [2.45, 2.75) is 0 Å². The van der Waals surface area contributed by atoms with Crippen LogP contribution in [0.25, 0.3) is 0 Å². The Morgan fingerprint density at radius 1 is 1.29 bits per heavy atom. The number of aromatic nitrogens is 2. The molecule has 0 unspecified atom stereocenters. The number of nitrogens with zero attached hydrogens (tertiary/aromatic N) is 2. The van der Waals surface area contributed by atoms with Crippen molar-refractivity contribution in [3.8, 4) is 0 Å². The van der Waals surface area contributed by atoms with Gasteiger partial charge in [-0.05, 0) is 40.2 Å². The monoisotopic (exact) mass is 292 g/mol. The van der Waals surface area contributed by atoms with Gasteiger partial charge >= 0.3 is 0 Å². The SMILES string of the molecule is Nc1cccc(C(=O)Nc2ccc(Br)cn2)n1. The topological polar surface area (TPSA) is 80.9 Å². The van der Waals surface area contributed by atoms with Crippen molar-refractivity contribution in [3.05, 3.63) is 46.7 Å². The molecule has 0 radical (unpaired) electrons.